The van der Waals surface area contributed by atoms with Crippen molar-refractivity contribution in [2.24, 2.45) is 0 Å². The molecule has 4 rings (SSSR count). The van der Waals surface area contributed by atoms with Gasteiger partial charge in [0.25, 0.3) is 0 Å². The highest BCUT2D eigenvalue weighted by molar-refractivity contribution is 5.36. The largest absolute Gasteiger partial charge is 0.508 e. The van der Waals surface area contributed by atoms with Gasteiger partial charge in [0.05, 0.1) is 0 Å². The van der Waals surface area contributed by atoms with Crippen LogP contribution in [0, 0.1) is 0 Å². The van der Waals surface area contributed by atoms with Gasteiger partial charge in [0.15, 0.2) is 11.5 Å². The van der Waals surface area contributed by atoms with E-state index in [0.29, 0.717) is 5.75 Å². The first-order chi connectivity index (χ1) is 14.0. The summed E-state index contributed by atoms with van der Waals surface area (Å²) < 4.78 is 0. The molecule has 0 heterocycles. The number of phenolic OH excluding ortho intramolecular Hbond substituents is 5. The molecule has 4 aromatic rings. The predicted octanol–water partition coefficient (Wildman–Crippen LogP) is 5.27. The zero-order valence-corrected chi connectivity index (χ0v) is 15.7. The molecule has 5 heteroatoms. The summed E-state index contributed by atoms with van der Waals surface area (Å²) in [7, 11) is 0. The lowest BCUT2D eigenvalue weighted by atomic mass is 10.3. The van der Waals surface area contributed by atoms with Crippen LogP contribution in [0.15, 0.2) is 115 Å². The van der Waals surface area contributed by atoms with Gasteiger partial charge in [-0.05, 0) is 48.5 Å². The summed E-state index contributed by atoms with van der Waals surface area (Å²) in [5.74, 6) is 0.508. The summed E-state index contributed by atoms with van der Waals surface area (Å²) in [6.07, 6.45) is 0. The normalized spacial score (nSPS) is 8.69. The minimum atomic E-state index is -0.0764. The second-order valence-electron chi connectivity index (χ2n) is 5.50. The quantitative estimate of drug-likeness (QED) is 0.207. The predicted molar refractivity (Wildman–Crippen MR) is 114 cm³/mol. The maximum atomic E-state index is 8.67. The second-order valence-corrected chi connectivity index (χ2v) is 5.50. The fourth-order valence-corrected chi connectivity index (χ4v) is 1.73. The number of hydrogen-bond donors (Lipinski definition) is 5. The molecule has 0 aromatic heterocycles. The minimum absolute atomic E-state index is 0.0764. The molecule has 5 nitrogen and oxygen atoms in total. The molecule has 0 aliphatic carbocycles. The van der Waals surface area contributed by atoms with Gasteiger partial charge < -0.3 is 25.5 Å². The first kappa shape index (κ1) is 22.9. The third-order valence-corrected chi connectivity index (χ3v) is 3.15. The van der Waals surface area contributed by atoms with Crippen molar-refractivity contribution in [3.05, 3.63) is 115 Å². The van der Waals surface area contributed by atoms with Crippen LogP contribution in [-0.4, -0.2) is 25.5 Å². The molecule has 0 atom stereocenters. The lowest BCUT2D eigenvalue weighted by Gasteiger charge is -1.91. The van der Waals surface area contributed by atoms with Gasteiger partial charge >= 0.3 is 0 Å². The van der Waals surface area contributed by atoms with Crippen LogP contribution in [0.25, 0.3) is 0 Å². The Kier molecular flexibility index (Phi) is 11.1. The minimum Gasteiger partial charge on any atom is -0.508 e. The highest BCUT2D eigenvalue weighted by Gasteiger charge is 1.90. The number of benzene rings is 4. The molecule has 0 fully saturated rings. The van der Waals surface area contributed by atoms with Gasteiger partial charge in [-0.25, -0.2) is 0 Å². The molecule has 0 saturated heterocycles. The van der Waals surface area contributed by atoms with E-state index in [1.165, 1.54) is 36.4 Å². The summed E-state index contributed by atoms with van der Waals surface area (Å²) in [6.45, 7) is 0. The van der Waals surface area contributed by atoms with Crippen molar-refractivity contribution in [1.29, 1.82) is 0 Å². The van der Waals surface area contributed by atoms with Gasteiger partial charge in [0.2, 0.25) is 0 Å². The maximum absolute atomic E-state index is 8.67. The molecule has 0 aliphatic heterocycles. The molecule has 0 bridgehead atoms. The lowest BCUT2D eigenvalue weighted by Crippen LogP contribution is -1.63. The molecule has 0 amide bonds. The summed E-state index contributed by atoms with van der Waals surface area (Å²) in [4.78, 5) is 0. The topological polar surface area (TPSA) is 101 Å². The van der Waals surface area contributed by atoms with E-state index in [1.807, 2.05) is 42.5 Å². The summed E-state index contributed by atoms with van der Waals surface area (Å²) in [5, 5.41) is 43.3. The van der Waals surface area contributed by atoms with Gasteiger partial charge in [0, 0.05) is 0 Å². The highest BCUT2D eigenvalue weighted by Crippen LogP contribution is 2.21. The van der Waals surface area contributed by atoms with Crippen LogP contribution < -0.4 is 0 Å². The SMILES string of the molecule is Oc1ccc(O)cc1.Oc1ccccc1.Oc1ccccc1O.c1ccccc1. The van der Waals surface area contributed by atoms with Crippen LogP contribution in [0.2, 0.25) is 0 Å². The summed E-state index contributed by atoms with van der Waals surface area (Å²) in [5.41, 5.74) is 0. The Morgan fingerprint density at radius 1 is 0.276 bits per heavy atom. The Morgan fingerprint density at radius 2 is 0.517 bits per heavy atom. The molecule has 150 valence electrons. The van der Waals surface area contributed by atoms with E-state index in [9.17, 15) is 0 Å². The monoisotopic (exact) mass is 392 g/mol. The third kappa shape index (κ3) is 12.0. The van der Waals surface area contributed by atoms with Gasteiger partial charge in [0.1, 0.15) is 17.2 Å². The van der Waals surface area contributed by atoms with Crippen molar-refractivity contribution < 1.29 is 25.5 Å². The Hall–Kier alpha value is -4.12. The lowest BCUT2D eigenvalue weighted by molar-refractivity contribution is 0.404. The van der Waals surface area contributed by atoms with Crippen molar-refractivity contribution in [2.45, 2.75) is 0 Å². The fraction of sp³-hybridized carbons (Fsp3) is 0. The van der Waals surface area contributed by atoms with Crippen LogP contribution in [-0.2, 0) is 0 Å². The van der Waals surface area contributed by atoms with E-state index in [-0.39, 0.29) is 23.0 Å². The zero-order valence-electron chi connectivity index (χ0n) is 15.7. The Balaban J connectivity index is 0.000000194. The van der Waals surface area contributed by atoms with Crippen molar-refractivity contribution in [3.8, 4) is 28.7 Å². The molecule has 0 radical (unpaired) electrons. The van der Waals surface area contributed by atoms with E-state index in [2.05, 4.69) is 0 Å². The molecule has 0 aliphatic rings. The van der Waals surface area contributed by atoms with E-state index < -0.39 is 0 Å². The third-order valence-electron chi connectivity index (χ3n) is 3.15. The van der Waals surface area contributed by atoms with Gasteiger partial charge in [-0.1, -0.05) is 66.7 Å². The number of rotatable bonds is 0. The standard InChI is InChI=1S/2C6H6O2.C6H6O.C6H6/c7-5-1-2-6(8)4-3-5;7-5-3-1-2-4-6(5)8;7-6-4-2-1-3-5-6;1-2-4-6-5-3-1/h2*1-4,7-8H;1-5,7H;1-6H. The molecule has 0 unspecified atom stereocenters. The van der Waals surface area contributed by atoms with Crippen molar-refractivity contribution in [2.75, 3.05) is 0 Å². The first-order valence-electron chi connectivity index (χ1n) is 8.68. The van der Waals surface area contributed by atoms with Crippen LogP contribution in [0.5, 0.6) is 28.7 Å². The van der Waals surface area contributed by atoms with Crippen molar-refractivity contribution >= 4 is 0 Å². The van der Waals surface area contributed by atoms with E-state index in [0.717, 1.165) is 0 Å². The Bertz CT molecular complexity index is 826. The van der Waals surface area contributed by atoms with E-state index >= 15 is 0 Å². The van der Waals surface area contributed by atoms with Gasteiger partial charge in [-0.3, -0.25) is 0 Å². The van der Waals surface area contributed by atoms with Crippen LogP contribution in [0.1, 0.15) is 0 Å². The van der Waals surface area contributed by atoms with Crippen LogP contribution in [0.4, 0.5) is 0 Å². The highest BCUT2D eigenvalue weighted by atomic mass is 16.3. The van der Waals surface area contributed by atoms with Crippen LogP contribution in [0.3, 0.4) is 0 Å². The van der Waals surface area contributed by atoms with E-state index in [4.69, 9.17) is 25.5 Å². The van der Waals surface area contributed by atoms with Crippen molar-refractivity contribution in [1.82, 2.24) is 0 Å². The Labute approximate surface area is 170 Å². The average Bonchev–Trinajstić information content (AvgIpc) is 2.76. The van der Waals surface area contributed by atoms with E-state index in [1.54, 1.807) is 36.4 Å². The molecular weight excluding hydrogens is 368 g/mol. The summed E-state index contributed by atoms with van der Waals surface area (Å²) >= 11 is 0. The number of para-hydroxylation sites is 3. The number of phenols is 5. The number of aromatic hydroxyl groups is 5. The fourth-order valence-electron chi connectivity index (χ4n) is 1.73. The molecule has 4 aromatic carbocycles. The van der Waals surface area contributed by atoms with Gasteiger partial charge in [-0.2, -0.15) is 0 Å². The molecule has 29 heavy (non-hydrogen) atoms. The second kappa shape index (κ2) is 14.0. The first-order valence-corrected chi connectivity index (χ1v) is 8.68. The maximum Gasteiger partial charge on any atom is 0.157 e. The van der Waals surface area contributed by atoms with Crippen LogP contribution >= 0.6 is 0 Å². The molecule has 0 spiro atoms. The van der Waals surface area contributed by atoms with Crippen molar-refractivity contribution in [3.63, 3.8) is 0 Å². The number of hydrogen-bond acceptors (Lipinski definition) is 5. The smallest absolute Gasteiger partial charge is 0.157 e. The molecule has 5 N–H and O–H groups in total. The molecule has 0 saturated carbocycles. The average molecular weight is 392 g/mol. The van der Waals surface area contributed by atoms with Gasteiger partial charge in [-0.15, -0.1) is 0 Å². The summed E-state index contributed by atoms with van der Waals surface area (Å²) in [6, 6.07) is 32.6. The molecular formula is C24H24O5. The Morgan fingerprint density at radius 3 is 0.759 bits per heavy atom. The zero-order chi connectivity index (χ0) is 21.3.